The maximum absolute atomic E-state index is 4.36. The van der Waals surface area contributed by atoms with Gasteiger partial charge in [0.25, 0.3) is 0 Å². The molecule has 0 bridgehead atoms. The first-order valence-corrected chi connectivity index (χ1v) is 9.51. The summed E-state index contributed by atoms with van der Waals surface area (Å²) >= 11 is 0. The molecule has 2 fully saturated rings. The predicted octanol–water partition coefficient (Wildman–Crippen LogP) is 6.06. The molecule has 2 aliphatic rings. The van der Waals surface area contributed by atoms with Crippen molar-refractivity contribution in [3.05, 3.63) is 12.3 Å². The normalized spacial score (nSPS) is 24.5. The van der Waals surface area contributed by atoms with Crippen molar-refractivity contribution in [2.24, 2.45) is 17.3 Å². The van der Waals surface area contributed by atoms with E-state index in [1.54, 1.807) is 0 Å². The van der Waals surface area contributed by atoms with Crippen molar-refractivity contribution in [2.75, 3.05) is 7.05 Å². The smallest absolute Gasteiger partial charge is 0.00913 e. The Morgan fingerprint density at radius 3 is 2.00 bits per heavy atom. The molecule has 1 atom stereocenters. The standard InChI is InChI=1S/C20H37N/c1-17(21-3)20(2,16-19-12-8-5-9-13-19)15-14-18-10-6-4-7-11-18/h18-19,21H,1,4-16H2,2-3H3. The van der Waals surface area contributed by atoms with Gasteiger partial charge in [-0.2, -0.15) is 0 Å². The Bertz CT molecular complexity index is 310. The molecule has 0 amide bonds. The van der Waals surface area contributed by atoms with E-state index < -0.39 is 0 Å². The van der Waals surface area contributed by atoms with E-state index in [0.717, 1.165) is 11.8 Å². The van der Waals surface area contributed by atoms with Gasteiger partial charge in [0.1, 0.15) is 0 Å². The maximum atomic E-state index is 4.36. The minimum absolute atomic E-state index is 0.314. The number of rotatable bonds is 7. The van der Waals surface area contributed by atoms with Gasteiger partial charge in [0.2, 0.25) is 0 Å². The average Bonchev–Trinajstić information content (AvgIpc) is 2.54. The molecule has 21 heavy (non-hydrogen) atoms. The van der Waals surface area contributed by atoms with E-state index >= 15 is 0 Å². The first-order chi connectivity index (χ1) is 10.1. The highest BCUT2D eigenvalue weighted by Gasteiger charge is 2.32. The Hall–Kier alpha value is -0.460. The highest BCUT2D eigenvalue weighted by Crippen LogP contribution is 2.43. The summed E-state index contributed by atoms with van der Waals surface area (Å²) in [6.07, 6.45) is 18.8. The zero-order valence-electron chi connectivity index (χ0n) is 14.6. The third-order valence-electron chi connectivity index (χ3n) is 6.32. The van der Waals surface area contributed by atoms with E-state index in [-0.39, 0.29) is 0 Å². The van der Waals surface area contributed by atoms with Crippen LogP contribution in [-0.4, -0.2) is 7.05 Å². The summed E-state index contributed by atoms with van der Waals surface area (Å²) in [6, 6.07) is 0. The van der Waals surface area contributed by atoms with Crippen LogP contribution >= 0.6 is 0 Å². The van der Waals surface area contributed by atoms with Crippen LogP contribution in [0, 0.1) is 17.3 Å². The van der Waals surface area contributed by atoms with Crippen molar-refractivity contribution in [2.45, 2.75) is 90.4 Å². The lowest BCUT2D eigenvalue weighted by atomic mass is 9.70. The molecule has 1 N–H and O–H groups in total. The molecular weight excluding hydrogens is 254 g/mol. The highest BCUT2D eigenvalue weighted by molar-refractivity contribution is 5.07. The zero-order chi connectivity index (χ0) is 15.1. The van der Waals surface area contributed by atoms with Gasteiger partial charge in [0, 0.05) is 18.2 Å². The van der Waals surface area contributed by atoms with Crippen LogP contribution in [0.3, 0.4) is 0 Å². The van der Waals surface area contributed by atoms with Crippen molar-refractivity contribution < 1.29 is 0 Å². The van der Waals surface area contributed by atoms with E-state index in [1.165, 1.54) is 89.2 Å². The molecule has 0 aliphatic heterocycles. The Balaban J connectivity index is 1.89. The quantitative estimate of drug-likeness (QED) is 0.601. The number of nitrogens with one attached hydrogen (secondary N) is 1. The van der Waals surface area contributed by atoms with Gasteiger partial charge in [0.05, 0.1) is 0 Å². The van der Waals surface area contributed by atoms with Crippen LogP contribution in [0.25, 0.3) is 0 Å². The molecule has 0 heterocycles. The lowest BCUT2D eigenvalue weighted by molar-refractivity contribution is 0.196. The minimum Gasteiger partial charge on any atom is -0.391 e. The van der Waals surface area contributed by atoms with Gasteiger partial charge in [-0.15, -0.1) is 0 Å². The molecule has 0 radical (unpaired) electrons. The Morgan fingerprint density at radius 1 is 0.952 bits per heavy atom. The van der Waals surface area contributed by atoms with Gasteiger partial charge in [-0.25, -0.2) is 0 Å². The molecule has 2 aliphatic carbocycles. The van der Waals surface area contributed by atoms with E-state index in [1.807, 2.05) is 0 Å². The highest BCUT2D eigenvalue weighted by atomic mass is 14.9. The van der Waals surface area contributed by atoms with Crippen molar-refractivity contribution in [1.29, 1.82) is 0 Å². The summed E-state index contributed by atoms with van der Waals surface area (Å²) in [6.45, 7) is 6.84. The summed E-state index contributed by atoms with van der Waals surface area (Å²) in [5.41, 5.74) is 1.60. The fourth-order valence-electron chi connectivity index (χ4n) is 4.70. The Morgan fingerprint density at radius 2 is 1.48 bits per heavy atom. The number of allylic oxidation sites excluding steroid dienone is 1. The average molecular weight is 292 g/mol. The van der Waals surface area contributed by atoms with Crippen LogP contribution in [0.4, 0.5) is 0 Å². The number of hydrogen-bond acceptors (Lipinski definition) is 1. The first kappa shape index (κ1) is 16.9. The summed E-state index contributed by atoms with van der Waals surface area (Å²) in [5, 5.41) is 3.39. The molecule has 0 aromatic heterocycles. The molecule has 122 valence electrons. The van der Waals surface area contributed by atoms with E-state index in [2.05, 4.69) is 25.9 Å². The summed E-state index contributed by atoms with van der Waals surface area (Å²) in [5.74, 6) is 1.94. The van der Waals surface area contributed by atoms with Crippen LogP contribution in [0.15, 0.2) is 12.3 Å². The SMILES string of the molecule is C=C(NC)C(C)(CCC1CCCCC1)CC1CCCCC1. The van der Waals surface area contributed by atoms with E-state index in [4.69, 9.17) is 0 Å². The van der Waals surface area contributed by atoms with Crippen LogP contribution in [0.5, 0.6) is 0 Å². The van der Waals surface area contributed by atoms with Crippen molar-refractivity contribution in [3.8, 4) is 0 Å². The topological polar surface area (TPSA) is 12.0 Å². The molecule has 0 aromatic rings. The summed E-state index contributed by atoms with van der Waals surface area (Å²) in [4.78, 5) is 0. The Labute approximate surface area is 133 Å². The number of hydrogen-bond donors (Lipinski definition) is 1. The molecule has 0 saturated heterocycles. The van der Waals surface area contributed by atoms with Crippen LogP contribution < -0.4 is 5.32 Å². The van der Waals surface area contributed by atoms with Gasteiger partial charge < -0.3 is 5.32 Å². The van der Waals surface area contributed by atoms with Gasteiger partial charge in [-0.05, 0) is 31.1 Å². The van der Waals surface area contributed by atoms with Crippen molar-refractivity contribution in [1.82, 2.24) is 5.32 Å². The van der Waals surface area contributed by atoms with E-state index in [0.29, 0.717) is 5.41 Å². The van der Waals surface area contributed by atoms with E-state index in [9.17, 15) is 0 Å². The van der Waals surface area contributed by atoms with Gasteiger partial charge >= 0.3 is 0 Å². The summed E-state index contributed by atoms with van der Waals surface area (Å²) < 4.78 is 0. The van der Waals surface area contributed by atoms with Crippen molar-refractivity contribution >= 4 is 0 Å². The molecule has 0 aromatic carbocycles. The van der Waals surface area contributed by atoms with Gasteiger partial charge in [0.15, 0.2) is 0 Å². The monoisotopic (exact) mass is 291 g/mol. The third-order valence-corrected chi connectivity index (χ3v) is 6.32. The molecule has 1 nitrogen and oxygen atoms in total. The minimum atomic E-state index is 0.314. The molecular formula is C20H37N. The van der Waals surface area contributed by atoms with Crippen LogP contribution in [-0.2, 0) is 0 Å². The fraction of sp³-hybridized carbons (Fsp3) is 0.900. The summed E-state index contributed by atoms with van der Waals surface area (Å²) in [7, 11) is 2.06. The molecule has 1 unspecified atom stereocenters. The third kappa shape index (κ3) is 5.04. The first-order valence-electron chi connectivity index (χ1n) is 9.51. The maximum Gasteiger partial charge on any atom is 0.00913 e. The molecule has 0 spiro atoms. The second-order valence-electron chi connectivity index (χ2n) is 8.04. The second-order valence-corrected chi connectivity index (χ2v) is 8.04. The van der Waals surface area contributed by atoms with Crippen LogP contribution in [0.1, 0.15) is 90.4 Å². The molecule has 2 saturated carbocycles. The lowest BCUT2D eigenvalue weighted by Gasteiger charge is -2.38. The zero-order valence-corrected chi connectivity index (χ0v) is 14.6. The van der Waals surface area contributed by atoms with Gasteiger partial charge in [-0.3, -0.25) is 0 Å². The predicted molar refractivity (Wildman–Crippen MR) is 93.3 cm³/mol. The van der Waals surface area contributed by atoms with Crippen molar-refractivity contribution in [3.63, 3.8) is 0 Å². The Kier molecular flexibility index (Phi) is 6.64. The van der Waals surface area contributed by atoms with Gasteiger partial charge in [-0.1, -0.05) is 77.7 Å². The molecule has 1 heteroatoms. The largest absolute Gasteiger partial charge is 0.391 e. The fourth-order valence-corrected chi connectivity index (χ4v) is 4.70. The lowest BCUT2D eigenvalue weighted by Crippen LogP contribution is -2.30. The second kappa shape index (κ2) is 8.25. The van der Waals surface area contributed by atoms with Crippen LogP contribution in [0.2, 0.25) is 0 Å². The molecule has 2 rings (SSSR count).